The normalized spacial score (nSPS) is 24.3. The maximum atomic E-state index is 12.7. The Bertz CT molecular complexity index is 462. The molecule has 3 rings (SSSR count). The Morgan fingerprint density at radius 3 is 2.79 bits per heavy atom. The van der Waals surface area contributed by atoms with Gasteiger partial charge in [-0.05, 0) is 39.7 Å². The summed E-state index contributed by atoms with van der Waals surface area (Å²) in [7, 11) is 0. The van der Waals surface area contributed by atoms with E-state index in [4.69, 9.17) is 0 Å². The molecule has 0 aromatic carbocycles. The zero-order chi connectivity index (χ0) is 13.4. The van der Waals surface area contributed by atoms with Gasteiger partial charge in [0.1, 0.15) is 0 Å². The van der Waals surface area contributed by atoms with Crippen molar-refractivity contribution in [3.05, 3.63) is 17.0 Å². The monoisotopic (exact) mass is 262 g/mol. The standard InChI is InChI=1S/C14H22N4O/c1-10-13(11(2)16-15-10)14(19)18-8-4-7-17-6-3-5-12(17)9-18/h12H,3-9H2,1-2H3,(H,15,16). The Labute approximate surface area is 114 Å². The van der Waals surface area contributed by atoms with Gasteiger partial charge in [0.05, 0.1) is 11.3 Å². The first-order valence-electron chi connectivity index (χ1n) is 7.21. The van der Waals surface area contributed by atoms with Crippen LogP contribution in [0.1, 0.15) is 41.0 Å². The van der Waals surface area contributed by atoms with E-state index in [-0.39, 0.29) is 5.91 Å². The average molecular weight is 262 g/mol. The summed E-state index contributed by atoms with van der Waals surface area (Å²) in [6.45, 7) is 7.91. The van der Waals surface area contributed by atoms with Gasteiger partial charge in [-0.3, -0.25) is 14.8 Å². The molecule has 1 N–H and O–H groups in total. The second-order valence-electron chi connectivity index (χ2n) is 5.75. The number of hydrogen-bond acceptors (Lipinski definition) is 3. The highest BCUT2D eigenvalue weighted by atomic mass is 16.2. The van der Waals surface area contributed by atoms with Crippen LogP contribution in [-0.2, 0) is 0 Å². The van der Waals surface area contributed by atoms with Crippen molar-refractivity contribution in [2.45, 2.75) is 39.2 Å². The van der Waals surface area contributed by atoms with E-state index in [9.17, 15) is 4.79 Å². The Morgan fingerprint density at radius 2 is 2.05 bits per heavy atom. The number of nitrogens with zero attached hydrogens (tertiary/aromatic N) is 3. The summed E-state index contributed by atoms with van der Waals surface area (Å²) in [4.78, 5) is 17.3. The van der Waals surface area contributed by atoms with Gasteiger partial charge in [0, 0.05) is 31.4 Å². The molecule has 1 atom stereocenters. The Balaban J connectivity index is 1.79. The maximum absolute atomic E-state index is 12.7. The van der Waals surface area contributed by atoms with Crippen LogP contribution in [0.25, 0.3) is 0 Å². The number of H-pyrrole nitrogens is 1. The lowest BCUT2D eigenvalue weighted by Gasteiger charge is -2.25. The number of carbonyl (C=O) groups excluding carboxylic acids is 1. The molecule has 104 valence electrons. The van der Waals surface area contributed by atoms with Crippen molar-refractivity contribution in [1.29, 1.82) is 0 Å². The van der Waals surface area contributed by atoms with Crippen molar-refractivity contribution < 1.29 is 4.79 Å². The zero-order valence-electron chi connectivity index (χ0n) is 11.8. The highest BCUT2D eigenvalue weighted by molar-refractivity contribution is 5.96. The lowest BCUT2D eigenvalue weighted by atomic mass is 10.1. The topological polar surface area (TPSA) is 52.2 Å². The predicted octanol–water partition coefficient (Wildman–Crippen LogP) is 1.34. The predicted molar refractivity (Wildman–Crippen MR) is 73.2 cm³/mol. The number of carbonyl (C=O) groups is 1. The summed E-state index contributed by atoms with van der Waals surface area (Å²) in [5.74, 6) is 0.150. The van der Waals surface area contributed by atoms with Crippen molar-refractivity contribution in [1.82, 2.24) is 20.0 Å². The largest absolute Gasteiger partial charge is 0.337 e. The van der Waals surface area contributed by atoms with E-state index < -0.39 is 0 Å². The van der Waals surface area contributed by atoms with Gasteiger partial charge < -0.3 is 4.90 Å². The fourth-order valence-corrected chi connectivity index (χ4v) is 3.42. The number of aryl methyl sites for hydroxylation is 2. The molecule has 2 saturated heterocycles. The van der Waals surface area contributed by atoms with Crippen molar-refractivity contribution in [2.75, 3.05) is 26.2 Å². The summed E-state index contributed by atoms with van der Waals surface area (Å²) >= 11 is 0. The summed E-state index contributed by atoms with van der Waals surface area (Å²) < 4.78 is 0. The Hall–Kier alpha value is -1.36. The molecule has 0 spiro atoms. The molecule has 0 saturated carbocycles. The molecule has 1 aromatic rings. The second-order valence-corrected chi connectivity index (χ2v) is 5.75. The third kappa shape index (κ3) is 2.27. The number of amides is 1. The highest BCUT2D eigenvalue weighted by Gasteiger charge is 2.32. The fourth-order valence-electron chi connectivity index (χ4n) is 3.42. The number of fused-ring (bicyclic) bond motifs is 1. The Kier molecular flexibility index (Phi) is 3.31. The van der Waals surface area contributed by atoms with Gasteiger partial charge in [0.15, 0.2) is 0 Å². The molecule has 2 aliphatic heterocycles. The molecule has 0 radical (unpaired) electrons. The second kappa shape index (κ2) is 4.96. The summed E-state index contributed by atoms with van der Waals surface area (Å²) in [5.41, 5.74) is 2.47. The quantitative estimate of drug-likeness (QED) is 0.831. The van der Waals surface area contributed by atoms with Crippen LogP contribution >= 0.6 is 0 Å². The number of hydrogen-bond donors (Lipinski definition) is 1. The van der Waals surface area contributed by atoms with Crippen molar-refractivity contribution in [3.63, 3.8) is 0 Å². The van der Waals surface area contributed by atoms with E-state index in [0.29, 0.717) is 6.04 Å². The molecule has 2 fully saturated rings. The van der Waals surface area contributed by atoms with Crippen LogP contribution in [0, 0.1) is 13.8 Å². The molecule has 0 aliphatic carbocycles. The average Bonchev–Trinajstić information content (AvgIpc) is 2.90. The number of nitrogens with one attached hydrogen (secondary N) is 1. The molecule has 19 heavy (non-hydrogen) atoms. The highest BCUT2D eigenvalue weighted by Crippen LogP contribution is 2.23. The van der Waals surface area contributed by atoms with Crippen LogP contribution in [-0.4, -0.2) is 58.1 Å². The fraction of sp³-hybridized carbons (Fsp3) is 0.714. The van der Waals surface area contributed by atoms with E-state index in [1.54, 1.807) is 0 Å². The number of aromatic nitrogens is 2. The van der Waals surface area contributed by atoms with E-state index in [0.717, 1.165) is 43.0 Å². The first-order valence-corrected chi connectivity index (χ1v) is 7.21. The van der Waals surface area contributed by atoms with Gasteiger partial charge in [-0.2, -0.15) is 5.10 Å². The van der Waals surface area contributed by atoms with Gasteiger partial charge in [-0.15, -0.1) is 0 Å². The summed E-state index contributed by atoms with van der Waals surface area (Å²) in [6, 6.07) is 0.568. The third-order valence-electron chi connectivity index (χ3n) is 4.43. The first-order chi connectivity index (χ1) is 9.16. The molecule has 5 nitrogen and oxygen atoms in total. The molecular formula is C14H22N4O. The minimum Gasteiger partial charge on any atom is -0.337 e. The first kappa shape index (κ1) is 12.7. The van der Waals surface area contributed by atoms with E-state index in [2.05, 4.69) is 15.1 Å². The van der Waals surface area contributed by atoms with Crippen molar-refractivity contribution in [3.8, 4) is 0 Å². The van der Waals surface area contributed by atoms with Crippen LogP contribution in [0.15, 0.2) is 0 Å². The minimum absolute atomic E-state index is 0.150. The molecule has 1 amide bonds. The molecule has 1 unspecified atom stereocenters. The van der Waals surface area contributed by atoms with Crippen LogP contribution in [0.3, 0.4) is 0 Å². The number of aromatic amines is 1. The van der Waals surface area contributed by atoms with Crippen molar-refractivity contribution in [2.24, 2.45) is 0 Å². The van der Waals surface area contributed by atoms with Crippen LogP contribution in [0.4, 0.5) is 0 Å². The van der Waals surface area contributed by atoms with Gasteiger partial charge >= 0.3 is 0 Å². The SMILES string of the molecule is Cc1n[nH]c(C)c1C(=O)N1CCCN2CCCC2C1. The number of rotatable bonds is 1. The van der Waals surface area contributed by atoms with E-state index in [1.165, 1.54) is 19.4 Å². The minimum atomic E-state index is 0.150. The van der Waals surface area contributed by atoms with Gasteiger partial charge in [0.25, 0.3) is 5.91 Å². The molecule has 0 bridgehead atoms. The van der Waals surface area contributed by atoms with Crippen LogP contribution in [0.5, 0.6) is 0 Å². The molecule has 3 heterocycles. The molecule has 2 aliphatic rings. The van der Waals surface area contributed by atoms with Crippen molar-refractivity contribution >= 4 is 5.91 Å². The summed E-state index contributed by atoms with van der Waals surface area (Å²) in [6.07, 6.45) is 3.59. The van der Waals surface area contributed by atoms with Gasteiger partial charge in [0.2, 0.25) is 0 Å². The van der Waals surface area contributed by atoms with Gasteiger partial charge in [-0.1, -0.05) is 0 Å². The zero-order valence-corrected chi connectivity index (χ0v) is 11.8. The van der Waals surface area contributed by atoms with Crippen LogP contribution in [0.2, 0.25) is 0 Å². The van der Waals surface area contributed by atoms with Gasteiger partial charge in [-0.25, -0.2) is 0 Å². The maximum Gasteiger partial charge on any atom is 0.257 e. The van der Waals surface area contributed by atoms with E-state index >= 15 is 0 Å². The molecule has 5 heteroatoms. The third-order valence-corrected chi connectivity index (χ3v) is 4.43. The van der Waals surface area contributed by atoms with E-state index in [1.807, 2.05) is 18.7 Å². The lowest BCUT2D eigenvalue weighted by Crippen LogP contribution is -2.40. The van der Waals surface area contributed by atoms with Crippen LogP contribution < -0.4 is 0 Å². The molecular weight excluding hydrogens is 240 g/mol. The molecule has 1 aromatic heterocycles. The summed E-state index contributed by atoms with van der Waals surface area (Å²) in [5, 5.41) is 7.05. The lowest BCUT2D eigenvalue weighted by molar-refractivity contribution is 0.0742. The Morgan fingerprint density at radius 1 is 1.26 bits per heavy atom. The smallest absolute Gasteiger partial charge is 0.257 e.